The van der Waals surface area contributed by atoms with Crippen LogP contribution in [-0.4, -0.2) is 23.4 Å². The number of esters is 1. The topological polar surface area (TPSA) is 98.5 Å². The maximum Gasteiger partial charge on any atom is 0.348 e. The van der Waals surface area contributed by atoms with E-state index >= 15 is 0 Å². The van der Waals surface area contributed by atoms with Crippen molar-refractivity contribution in [3.63, 3.8) is 0 Å². The van der Waals surface area contributed by atoms with Crippen molar-refractivity contribution in [2.24, 2.45) is 5.92 Å². The largest absolute Gasteiger partial charge is 0.451 e. The molecule has 142 valence electrons. The van der Waals surface area contributed by atoms with E-state index in [1.54, 1.807) is 0 Å². The van der Waals surface area contributed by atoms with Crippen molar-refractivity contribution < 1.29 is 19.2 Å². The summed E-state index contributed by atoms with van der Waals surface area (Å²) in [6, 6.07) is 5.75. The van der Waals surface area contributed by atoms with Crippen molar-refractivity contribution in [1.82, 2.24) is 0 Å². The van der Waals surface area contributed by atoms with Crippen molar-refractivity contribution in [1.29, 1.82) is 0 Å². The van der Waals surface area contributed by atoms with Gasteiger partial charge >= 0.3 is 5.97 Å². The molecule has 1 aromatic heterocycles. The van der Waals surface area contributed by atoms with Crippen molar-refractivity contribution in [3.05, 3.63) is 54.7 Å². The van der Waals surface area contributed by atoms with Gasteiger partial charge in [-0.2, -0.15) is 0 Å². The third-order valence-corrected chi connectivity index (χ3v) is 5.83. The van der Waals surface area contributed by atoms with Crippen LogP contribution in [0.1, 0.15) is 33.5 Å². The molecule has 1 N–H and O–H groups in total. The number of hydrogen-bond donors (Lipinski definition) is 1. The average molecular weight is 409 g/mol. The minimum Gasteiger partial charge on any atom is -0.451 e. The summed E-state index contributed by atoms with van der Waals surface area (Å²) in [5.41, 5.74) is 1.07. The highest BCUT2D eigenvalue weighted by Gasteiger charge is 2.22. The van der Waals surface area contributed by atoms with Gasteiger partial charge in [0.1, 0.15) is 9.90 Å². The second-order valence-electron chi connectivity index (χ2n) is 6.45. The van der Waals surface area contributed by atoms with Crippen molar-refractivity contribution in [3.8, 4) is 0 Å². The van der Waals surface area contributed by atoms with Crippen LogP contribution in [0.15, 0.2) is 24.3 Å². The lowest BCUT2D eigenvalue weighted by molar-refractivity contribution is -0.384. The van der Waals surface area contributed by atoms with E-state index in [0.717, 1.165) is 25.3 Å². The highest BCUT2D eigenvalue weighted by atomic mass is 35.5. The van der Waals surface area contributed by atoms with Gasteiger partial charge in [-0.25, -0.2) is 4.79 Å². The summed E-state index contributed by atoms with van der Waals surface area (Å²) in [4.78, 5) is 36.1. The molecule has 0 radical (unpaired) electrons. The number of hydrogen-bond acceptors (Lipinski definition) is 6. The highest BCUT2D eigenvalue weighted by molar-refractivity contribution is 7.14. The predicted molar refractivity (Wildman–Crippen MR) is 103 cm³/mol. The summed E-state index contributed by atoms with van der Waals surface area (Å²) >= 11 is 7.14. The van der Waals surface area contributed by atoms with Crippen LogP contribution in [0.3, 0.4) is 0 Å². The lowest BCUT2D eigenvalue weighted by Gasteiger charge is -2.16. The number of carbonyl (C=O) groups excluding carboxylic acids is 2. The van der Waals surface area contributed by atoms with Gasteiger partial charge in [-0.1, -0.05) is 18.5 Å². The van der Waals surface area contributed by atoms with Gasteiger partial charge in [0.2, 0.25) is 0 Å². The van der Waals surface area contributed by atoms with Crippen LogP contribution in [-0.2, 0) is 22.4 Å². The lowest BCUT2D eigenvalue weighted by Crippen LogP contribution is -2.20. The molecule has 9 heteroatoms. The summed E-state index contributed by atoms with van der Waals surface area (Å²) in [6.45, 7) is 1.71. The molecule has 1 aliphatic rings. The summed E-state index contributed by atoms with van der Waals surface area (Å²) in [6.07, 6.45) is 3.02. The zero-order valence-corrected chi connectivity index (χ0v) is 16.1. The third kappa shape index (κ3) is 4.64. The number of nitro groups is 1. The minimum atomic E-state index is -0.641. The fraction of sp³-hybridized carbons (Fsp3) is 0.333. The predicted octanol–water partition coefficient (Wildman–Crippen LogP) is 4.23. The minimum absolute atomic E-state index is 0.0274. The summed E-state index contributed by atoms with van der Waals surface area (Å²) < 4.78 is 5.07. The molecule has 0 spiro atoms. The molecule has 0 saturated carbocycles. The van der Waals surface area contributed by atoms with E-state index in [4.69, 9.17) is 16.3 Å². The van der Waals surface area contributed by atoms with Crippen LogP contribution < -0.4 is 5.32 Å². The Kier molecular flexibility index (Phi) is 5.76. The van der Waals surface area contributed by atoms with E-state index in [9.17, 15) is 19.7 Å². The Labute approximate surface area is 164 Å². The monoisotopic (exact) mass is 408 g/mol. The molecule has 27 heavy (non-hydrogen) atoms. The molecule has 1 atom stereocenters. The fourth-order valence-electron chi connectivity index (χ4n) is 2.94. The highest BCUT2D eigenvalue weighted by Crippen LogP contribution is 2.32. The van der Waals surface area contributed by atoms with E-state index in [-0.39, 0.29) is 16.4 Å². The number of nitrogens with zero attached hydrogens (tertiary/aromatic N) is 1. The molecular weight excluding hydrogens is 392 g/mol. The second kappa shape index (κ2) is 8.06. The molecule has 1 heterocycles. The molecule has 0 unspecified atom stereocenters. The number of thiophene rings is 1. The van der Waals surface area contributed by atoms with E-state index < -0.39 is 23.4 Å². The number of nitrogens with one attached hydrogen (secondary N) is 1. The number of anilines is 1. The number of fused-ring (bicyclic) bond motifs is 1. The molecule has 2 aromatic rings. The third-order valence-electron chi connectivity index (χ3n) is 4.29. The maximum atomic E-state index is 12.2. The first-order chi connectivity index (χ1) is 12.8. The number of rotatable bonds is 5. The van der Waals surface area contributed by atoms with Crippen LogP contribution in [0.4, 0.5) is 11.4 Å². The Balaban J connectivity index is 1.57. The van der Waals surface area contributed by atoms with Gasteiger partial charge in [-0.3, -0.25) is 14.9 Å². The maximum absolute atomic E-state index is 12.2. The molecule has 1 amide bonds. The molecule has 0 aliphatic heterocycles. The van der Waals surface area contributed by atoms with Gasteiger partial charge in [0.15, 0.2) is 6.61 Å². The average Bonchev–Trinajstić information content (AvgIpc) is 3.04. The van der Waals surface area contributed by atoms with E-state index in [1.807, 2.05) is 6.07 Å². The normalized spacial score (nSPS) is 15.7. The Morgan fingerprint density at radius 2 is 2.19 bits per heavy atom. The molecule has 7 nitrogen and oxygen atoms in total. The van der Waals surface area contributed by atoms with Gasteiger partial charge < -0.3 is 10.1 Å². The number of aryl methyl sites for hydroxylation is 1. The van der Waals surface area contributed by atoms with E-state index in [2.05, 4.69) is 12.2 Å². The molecule has 1 aromatic carbocycles. The number of nitro benzene ring substituents is 1. The number of benzene rings is 1. The van der Waals surface area contributed by atoms with Crippen molar-refractivity contribution in [2.45, 2.75) is 26.2 Å². The lowest BCUT2D eigenvalue weighted by atomic mass is 9.90. The molecule has 0 saturated heterocycles. The molecule has 0 bridgehead atoms. The Hall–Kier alpha value is -2.45. The SMILES string of the molecule is C[C@H]1CCc2sc(C(=O)OCC(=O)Nc3ccc(Cl)c([N+](=O)[O-])c3)cc2C1. The van der Waals surface area contributed by atoms with Gasteiger partial charge in [0, 0.05) is 16.6 Å². The van der Waals surface area contributed by atoms with Crippen LogP contribution in [0.25, 0.3) is 0 Å². The number of amides is 1. The van der Waals surface area contributed by atoms with Gasteiger partial charge in [0.25, 0.3) is 11.6 Å². The number of halogens is 1. The molecule has 1 aliphatic carbocycles. The molecular formula is C18H17ClN2O5S. The Morgan fingerprint density at radius 3 is 2.93 bits per heavy atom. The smallest absolute Gasteiger partial charge is 0.348 e. The second-order valence-corrected chi connectivity index (χ2v) is 8.00. The van der Waals surface area contributed by atoms with Crippen LogP contribution in [0.2, 0.25) is 5.02 Å². The summed E-state index contributed by atoms with van der Waals surface area (Å²) in [5.74, 6) is -0.528. The van der Waals surface area contributed by atoms with Gasteiger partial charge in [-0.15, -0.1) is 11.3 Å². The number of ether oxygens (including phenoxy) is 1. The first-order valence-corrected chi connectivity index (χ1v) is 9.55. The zero-order chi connectivity index (χ0) is 19.6. The quantitative estimate of drug-likeness (QED) is 0.453. The summed E-state index contributed by atoms with van der Waals surface area (Å²) in [7, 11) is 0. The zero-order valence-electron chi connectivity index (χ0n) is 14.5. The summed E-state index contributed by atoms with van der Waals surface area (Å²) in [5, 5.41) is 13.3. The Bertz CT molecular complexity index is 911. The van der Waals surface area contributed by atoms with Gasteiger partial charge in [-0.05, 0) is 48.9 Å². The standard InChI is InChI=1S/C18H17ClN2O5S/c1-10-2-5-15-11(6-10)7-16(27-15)18(23)26-9-17(22)20-12-3-4-13(19)14(8-12)21(24)25/h3-4,7-8,10H,2,5-6,9H2,1H3,(H,20,22)/t10-/m0/s1. The first-order valence-electron chi connectivity index (χ1n) is 8.36. The van der Waals surface area contributed by atoms with Crippen molar-refractivity contribution in [2.75, 3.05) is 11.9 Å². The van der Waals surface area contributed by atoms with E-state index in [1.165, 1.54) is 33.9 Å². The molecule has 3 rings (SSSR count). The van der Waals surface area contributed by atoms with Crippen molar-refractivity contribution >= 4 is 46.2 Å². The fourth-order valence-corrected chi connectivity index (χ4v) is 4.22. The van der Waals surface area contributed by atoms with E-state index in [0.29, 0.717) is 10.8 Å². The first kappa shape index (κ1) is 19.3. The van der Waals surface area contributed by atoms with Gasteiger partial charge in [0.05, 0.1) is 4.92 Å². The van der Waals surface area contributed by atoms with Crippen LogP contribution in [0, 0.1) is 16.0 Å². The van der Waals surface area contributed by atoms with Crippen LogP contribution in [0.5, 0.6) is 0 Å². The Morgan fingerprint density at radius 1 is 1.41 bits per heavy atom. The number of carbonyl (C=O) groups is 2. The van der Waals surface area contributed by atoms with Crippen LogP contribution >= 0.6 is 22.9 Å². The molecule has 0 fully saturated rings.